The Labute approximate surface area is 159 Å². The Balaban J connectivity index is 1.79. The number of nitrogens with zero attached hydrogens (tertiary/aromatic N) is 3. The van der Waals surface area contributed by atoms with Crippen molar-refractivity contribution in [2.24, 2.45) is 4.99 Å². The van der Waals surface area contributed by atoms with Crippen LogP contribution < -0.4 is 20.1 Å². The van der Waals surface area contributed by atoms with E-state index in [0.29, 0.717) is 24.0 Å². The van der Waals surface area contributed by atoms with E-state index in [1.807, 2.05) is 43.5 Å². The molecule has 0 aliphatic rings. The van der Waals surface area contributed by atoms with Gasteiger partial charge >= 0.3 is 0 Å². The van der Waals surface area contributed by atoms with E-state index in [-0.39, 0.29) is 0 Å². The van der Waals surface area contributed by atoms with Crippen LogP contribution in [-0.2, 0) is 6.54 Å². The molecule has 3 aromatic rings. The zero-order valence-corrected chi connectivity index (χ0v) is 16.1. The van der Waals surface area contributed by atoms with Crippen LogP contribution in [0.2, 0.25) is 0 Å². The minimum Gasteiger partial charge on any atom is -0.493 e. The topological polar surface area (TPSA) is 72.2 Å². The number of methoxy groups -OCH3 is 2. The van der Waals surface area contributed by atoms with Crippen LogP contribution in [0.4, 0.5) is 5.69 Å². The smallest absolute Gasteiger partial charge is 0.196 e. The van der Waals surface area contributed by atoms with Crippen LogP contribution >= 0.6 is 0 Å². The van der Waals surface area contributed by atoms with Crippen molar-refractivity contribution in [3.63, 3.8) is 0 Å². The maximum absolute atomic E-state index is 5.35. The minimum atomic E-state index is 0.476. The van der Waals surface area contributed by atoms with Gasteiger partial charge < -0.3 is 24.5 Å². The van der Waals surface area contributed by atoms with Gasteiger partial charge in [-0.05, 0) is 38.1 Å². The SMILES string of the molecule is CCNC(=NCc1cn2c(C)cccc2n1)Nc1ccc(OC)c(OC)c1. The average Bonchev–Trinajstić information content (AvgIpc) is 3.11. The molecule has 0 aliphatic carbocycles. The second-order valence-corrected chi connectivity index (χ2v) is 6.02. The third kappa shape index (κ3) is 4.31. The number of fused-ring (bicyclic) bond motifs is 1. The molecule has 0 spiro atoms. The summed E-state index contributed by atoms with van der Waals surface area (Å²) in [5.74, 6) is 2.03. The van der Waals surface area contributed by atoms with Crippen LogP contribution in [0, 0.1) is 6.92 Å². The fourth-order valence-electron chi connectivity index (χ4n) is 2.79. The Morgan fingerprint density at radius 2 is 1.96 bits per heavy atom. The maximum atomic E-state index is 5.35. The second-order valence-electron chi connectivity index (χ2n) is 6.02. The minimum absolute atomic E-state index is 0.476. The Morgan fingerprint density at radius 1 is 1.15 bits per heavy atom. The summed E-state index contributed by atoms with van der Waals surface area (Å²) >= 11 is 0. The van der Waals surface area contributed by atoms with E-state index in [1.165, 1.54) is 0 Å². The molecule has 7 heteroatoms. The number of rotatable bonds is 6. The van der Waals surface area contributed by atoms with Crippen LogP contribution in [0.5, 0.6) is 11.5 Å². The molecular formula is C20H25N5O2. The predicted octanol–water partition coefficient (Wildman–Crippen LogP) is 3.24. The summed E-state index contributed by atoms with van der Waals surface area (Å²) in [6, 6.07) is 11.7. The number of ether oxygens (including phenoxy) is 2. The average molecular weight is 367 g/mol. The third-order valence-corrected chi connectivity index (χ3v) is 4.14. The number of pyridine rings is 1. The summed E-state index contributed by atoms with van der Waals surface area (Å²) in [5, 5.41) is 6.53. The number of benzene rings is 1. The fraction of sp³-hybridized carbons (Fsp3) is 0.300. The fourth-order valence-corrected chi connectivity index (χ4v) is 2.79. The molecule has 3 rings (SSSR count). The Hall–Kier alpha value is -3.22. The highest BCUT2D eigenvalue weighted by molar-refractivity contribution is 5.93. The maximum Gasteiger partial charge on any atom is 0.196 e. The van der Waals surface area contributed by atoms with Crippen molar-refractivity contribution in [1.82, 2.24) is 14.7 Å². The van der Waals surface area contributed by atoms with E-state index < -0.39 is 0 Å². The predicted molar refractivity (Wildman–Crippen MR) is 108 cm³/mol. The van der Waals surface area contributed by atoms with E-state index >= 15 is 0 Å². The molecule has 2 aromatic heterocycles. The summed E-state index contributed by atoms with van der Waals surface area (Å²) in [4.78, 5) is 9.28. The van der Waals surface area contributed by atoms with Gasteiger partial charge in [0.05, 0.1) is 26.5 Å². The molecule has 0 radical (unpaired) electrons. The zero-order chi connectivity index (χ0) is 19.2. The van der Waals surface area contributed by atoms with Gasteiger partial charge in [-0.2, -0.15) is 0 Å². The molecule has 0 amide bonds. The molecule has 0 bridgehead atoms. The van der Waals surface area contributed by atoms with Gasteiger partial charge in [-0.1, -0.05) is 6.07 Å². The first-order valence-corrected chi connectivity index (χ1v) is 8.85. The Kier molecular flexibility index (Phi) is 5.80. The molecule has 0 unspecified atom stereocenters. The van der Waals surface area contributed by atoms with Crippen molar-refractivity contribution >= 4 is 17.3 Å². The third-order valence-electron chi connectivity index (χ3n) is 4.14. The summed E-state index contributed by atoms with van der Waals surface area (Å²) in [5.41, 5.74) is 3.84. The molecule has 0 aliphatic heterocycles. The zero-order valence-electron chi connectivity index (χ0n) is 16.1. The first kappa shape index (κ1) is 18.6. The van der Waals surface area contributed by atoms with Gasteiger partial charge in [0.15, 0.2) is 17.5 Å². The summed E-state index contributed by atoms with van der Waals surface area (Å²) in [6.07, 6.45) is 2.02. The molecule has 0 saturated heterocycles. The van der Waals surface area contributed by atoms with Crippen molar-refractivity contribution in [3.8, 4) is 11.5 Å². The molecule has 0 fully saturated rings. The number of nitrogens with one attached hydrogen (secondary N) is 2. The standard InChI is InChI=1S/C20H25N5O2/c1-5-21-20(24-15-9-10-17(26-3)18(11-15)27-4)22-12-16-13-25-14(2)7-6-8-19(25)23-16/h6-11,13H,5,12H2,1-4H3,(H2,21,22,24). The van der Waals surface area contributed by atoms with Gasteiger partial charge in [-0.15, -0.1) is 0 Å². The number of hydrogen-bond acceptors (Lipinski definition) is 4. The number of anilines is 1. The summed E-state index contributed by atoms with van der Waals surface area (Å²) in [6.45, 7) is 5.32. The highest BCUT2D eigenvalue weighted by Crippen LogP contribution is 2.29. The first-order valence-electron chi connectivity index (χ1n) is 8.85. The lowest BCUT2D eigenvalue weighted by atomic mass is 10.3. The van der Waals surface area contributed by atoms with Crippen LogP contribution in [0.25, 0.3) is 5.65 Å². The highest BCUT2D eigenvalue weighted by atomic mass is 16.5. The van der Waals surface area contributed by atoms with Gasteiger partial charge in [0.25, 0.3) is 0 Å². The van der Waals surface area contributed by atoms with Crippen molar-refractivity contribution in [1.29, 1.82) is 0 Å². The van der Waals surface area contributed by atoms with Gasteiger partial charge in [-0.3, -0.25) is 0 Å². The Morgan fingerprint density at radius 3 is 2.67 bits per heavy atom. The van der Waals surface area contributed by atoms with Crippen molar-refractivity contribution in [2.75, 3.05) is 26.1 Å². The molecule has 0 saturated carbocycles. The quantitative estimate of drug-likeness (QED) is 0.517. The van der Waals surface area contributed by atoms with Crippen LogP contribution in [0.1, 0.15) is 18.3 Å². The van der Waals surface area contributed by atoms with Crippen molar-refractivity contribution in [2.45, 2.75) is 20.4 Å². The largest absolute Gasteiger partial charge is 0.493 e. The van der Waals surface area contributed by atoms with E-state index in [1.54, 1.807) is 14.2 Å². The summed E-state index contributed by atoms with van der Waals surface area (Å²) < 4.78 is 12.7. The molecule has 0 atom stereocenters. The molecule has 1 aromatic carbocycles. The van der Waals surface area contributed by atoms with E-state index in [9.17, 15) is 0 Å². The van der Waals surface area contributed by atoms with E-state index in [0.717, 1.165) is 29.3 Å². The van der Waals surface area contributed by atoms with Crippen molar-refractivity contribution < 1.29 is 9.47 Å². The normalized spacial score (nSPS) is 11.5. The van der Waals surface area contributed by atoms with Gasteiger partial charge in [0.2, 0.25) is 0 Å². The number of aromatic nitrogens is 2. The number of aryl methyl sites for hydroxylation is 1. The number of hydrogen-bond donors (Lipinski definition) is 2. The van der Waals surface area contributed by atoms with Gasteiger partial charge in [-0.25, -0.2) is 9.98 Å². The first-order chi connectivity index (χ1) is 13.1. The summed E-state index contributed by atoms with van der Waals surface area (Å²) in [7, 11) is 3.24. The van der Waals surface area contributed by atoms with Crippen LogP contribution in [0.15, 0.2) is 47.6 Å². The molecule has 142 valence electrons. The monoisotopic (exact) mass is 367 g/mol. The van der Waals surface area contributed by atoms with Gasteiger partial charge in [0.1, 0.15) is 5.65 Å². The molecule has 2 N–H and O–H groups in total. The highest BCUT2D eigenvalue weighted by Gasteiger charge is 2.07. The van der Waals surface area contributed by atoms with E-state index in [4.69, 9.17) is 9.47 Å². The van der Waals surface area contributed by atoms with Crippen molar-refractivity contribution in [3.05, 3.63) is 54.0 Å². The van der Waals surface area contributed by atoms with Crippen LogP contribution in [-0.4, -0.2) is 36.1 Å². The molecule has 27 heavy (non-hydrogen) atoms. The number of imidazole rings is 1. The number of guanidine groups is 1. The lowest BCUT2D eigenvalue weighted by molar-refractivity contribution is 0.355. The van der Waals surface area contributed by atoms with Crippen LogP contribution in [0.3, 0.4) is 0 Å². The number of aliphatic imine (C=N–C) groups is 1. The van der Waals surface area contributed by atoms with E-state index in [2.05, 4.69) is 38.0 Å². The second kappa shape index (κ2) is 8.44. The molecule has 2 heterocycles. The molecular weight excluding hydrogens is 342 g/mol. The lowest BCUT2D eigenvalue weighted by Crippen LogP contribution is -2.30. The Bertz CT molecular complexity index is 949. The van der Waals surface area contributed by atoms with Gasteiger partial charge in [0, 0.05) is 30.2 Å². The lowest BCUT2D eigenvalue weighted by Gasteiger charge is -2.13. The molecule has 7 nitrogen and oxygen atoms in total.